The third-order valence-corrected chi connectivity index (χ3v) is 5.60. The molecule has 0 rings (SSSR count). The molecule has 2 unspecified atom stereocenters. The Hall–Kier alpha value is -0.920. The van der Waals surface area contributed by atoms with Crippen LogP contribution in [0, 0.1) is 11.8 Å². The van der Waals surface area contributed by atoms with Crippen LogP contribution in [0.2, 0.25) is 0 Å². The smallest absolute Gasteiger partial charge is 0.0901 e. The van der Waals surface area contributed by atoms with Gasteiger partial charge in [-0.25, -0.2) is 0 Å². The Labute approximate surface area is 170 Å². The molecule has 0 aliphatic carbocycles. The second-order valence-electron chi connectivity index (χ2n) is 7.92. The summed E-state index contributed by atoms with van der Waals surface area (Å²) in [5.74, 6) is 1.24. The van der Waals surface area contributed by atoms with Gasteiger partial charge >= 0.3 is 0 Å². The minimum atomic E-state index is 0.619. The minimum absolute atomic E-state index is 0.619. The number of rotatable bonds is 18. The lowest BCUT2D eigenvalue weighted by atomic mass is 9.92. The highest BCUT2D eigenvalue weighted by molar-refractivity contribution is 4.97. The summed E-state index contributed by atoms with van der Waals surface area (Å²) in [6, 6.07) is 0. The van der Waals surface area contributed by atoms with E-state index in [-0.39, 0.29) is 0 Å². The van der Waals surface area contributed by atoms with Crippen molar-refractivity contribution in [3.8, 4) is 0 Å². The second-order valence-corrected chi connectivity index (χ2v) is 7.92. The molecule has 0 heterocycles. The Morgan fingerprint density at radius 3 is 1.37 bits per heavy atom. The Kier molecular flexibility index (Phi) is 17.8. The number of allylic oxidation sites excluding steroid dienone is 2. The highest BCUT2D eigenvalue weighted by Gasteiger charge is 2.15. The Balaban J connectivity index is 4.38. The summed E-state index contributed by atoms with van der Waals surface area (Å²) in [4.78, 5) is 0. The molecule has 0 aliphatic heterocycles. The van der Waals surface area contributed by atoms with E-state index in [0.717, 1.165) is 26.1 Å². The highest BCUT2D eigenvalue weighted by Crippen LogP contribution is 2.21. The monoisotopic (exact) mass is 380 g/mol. The molecule has 0 aromatic heterocycles. The SMILES string of the molecule is CCCCC(=COCC(CC)CC(CC)COC=C(CC)CCCC)CC. The van der Waals surface area contributed by atoms with Crippen LogP contribution in [0.25, 0.3) is 0 Å². The summed E-state index contributed by atoms with van der Waals surface area (Å²) in [7, 11) is 0. The van der Waals surface area contributed by atoms with Crippen LogP contribution in [0.15, 0.2) is 23.7 Å². The Morgan fingerprint density at radius 1 is 0.667 bits per heavy atom. The van der Waals surface area contributed by atoms with E-state index < -0.39 is 0 Å². The molecule has 0 fully saturated rings. The molecule has 160 valence electrons. The predicted octanol–water partition coefficient (Wildman–Crippen LogP) is 8.43. The van der Waals surface area contributed by atoms with Crippen molar-refractivity contribution in [3.63, 3.8) is 0 Å². The van der Waals surface area contributed by atoms with Gasteiger partial charge in [-0.05, 0) is 67.9 Å². The molecule has 2 atom stereocenters. The average molecular weight is 381 g/mol. The predicted molar refractivity (Wildman–Crippen MR) is 120 cm³/mol. The van der Waals surface area contributed by atoms with E-state index in [9.17, 15) is 0 Å². The molecule has 2 nitrogen and oxygen atoms in total. The summed E-state index contributed by atoms with van der Waals surface area (Å²) in [5.41, 5.74) is 2.90. The van der Waals surface area contributed by atoms with Crippen LogP contribution in [-0.4, -0.2) is 13.2 Å². The van der Waals surface area contributed by atoms with Crippen LogP contribution in [0.1, 0.15) is 112 Å². The summed E-state index contributed by atoms with van der Waals surface area (Å²) >= 11 is 0. The third kappa shape index (κ3) is 13.8. The lowest BCUT2D eigenvalue weighted by Crippen LogP contribution is -2.16. The van der Waals surface area contributed by atoms with Gasteiger partial charge in [-0.15, -0.1) is 0 Å². The van der Waals surface area contributed by atoms with Crippen LogP contribution in [0.5, 0.6) is 0 Å². The first-order chi connectivity index (χ1) is 13.1. The summed E-state index contributed by atoms with van der Waals surface area (Å²) < 4.78 is 11.9. The zero-order valence-corrected chi connectivity index (χ0v) is 19.3. The highest BCUT2D eigenvalue weighted by atomic mass is 16.5. The molecule has 0 bridgehead atoms. The molecular formula is C25H48O2. The maximum Gasteiger partial charge on any atom is 0.0901 e. The molecule has 0 amide bonds. The van der Waals surface area contributed by atoms with Crippen molar-refractivity contribution in [2.75, 3.05) is 13.2 Å². The number of hydrogen-bond donors (Lipinski definition) is 0. The van der Waals surface area contributed by atoms with E-state index in [1.807, 2.05) is 12.5 Å². The summed E-state index contributed by atoms with van der Waals surface area (Å²) in [6.07, 6.45) is 17.2. The summed E-state index contributed by atoms with van der Waals surface area (Å²) in [6.45, 7) is 15.2. The fourth-order valence-corrected chi connectivity index (χ4v) is 3.23. The molecule has 27 heavy (non-hydrogen) atoms. The fraction of sp³-hybridized carbons (Fsp3) is 0.840. The molecule has 0 spiro atoms. The van der Waals surface area contributed by atoms with Crippen molar-refractivity contribution in [2.24, 2.45) is 11.8 Å². The van der Waals surface area contributed by atoms with Crippen molar-refractivity contribution in [1.29, 1.82) is 0 Å². The first-order valence-electron chi connectivity index (χ1n) is 11.7. The molecule has 0 saturated carbocycles. The number of ether oxygens (including phenoxy) is 2. The molecule has 0 aliphatic rings. The minimum Gasteiger partial charge on any atom is -0.501 e. The topological polar surface area (TPSA) is 18.5 Å². The molecule has 0 N–H and O–H groups in total. The van der Waals surface area contributed by atoms with Crippen molar-refractivity contribution in [2.45, 2.75) is 112 Å². The van der Waals surface area contributed by atoms with E-state index in [1.54, 1.807) is 0 Å². The Morgan fingerprint density at radius 2 is 1.07 bits per heavy atom. The lowest BCUT2D eigenvalue weighted by Gasteiger charge is -2.21. The fourth-order valence-electron chi connectivity index (χ4n) is 3.23. The van der Waals surface area contributed by atoms with Gasteiger partial charge < -0.3 is 9.47 Å². The third-order valence-electron chi connectivity index (χ3n) is 5.60. The van der Waals surface area contributed by atoms with Gasteiger partial charge in [-0.3, -0.25) is 0 Å². The quantitative estimate of drug-likeness (QED) is 0.222. The molecule has 0 radical (unpaired) electrons. The molecule has 0 saturated heterocycles. The van der Waals surface area contributed by atoms with Crippen LogP contribution in [0.3, 0.4) is 0 Å². The van der Waals surface area contributed by atoms with Gasteiger partial charge in [-0.2, -0.15) is 0 Å². The van der Waals surface area contributed by atoms with E-state index >= 15 is 0 Å². The Bertz CT molecular complexity index is 348. The van der Waals surface area contributed by atoms with Crippen LogP contribution >= 0.6 is 0 Å². The van der Waals surface area contributed by atoms with E-state index in [4.69, 9.17) is 9.47 Å². The van der Waals surface area contributed by atoms with Crippen molar-refractivity contribution in [3.05, 3.63) is 23.7 Å². The standard InChI is InChI=1S/C25H48O2/c1-7-13-15-22(9-3)18-26-20-24(11-5)17-25(12-6)21-27-19-23(10-4)16-14-8-2/h18-19,24-25H,7-17,20-21H2,1-6H3. The van der Waals surface area contributed by atoms with E-state index in [0.29, 0.717) is 11.8 Å². The van der Waals surface area contributed by atoms with E-state index in [1.165, 1.54) is 68.9 Å². The zero-order valence-electron chi connectivity index (χ0n) is 19.3. The number of unbranched alkanes of at least 4 members (excludes halogenated alkanes) is 2. The molecule has 0 aromatic rings. The first kappa shape index (κ1) is 26.1. The van der Waals surface area contributed by atoms with Crippen molar-refractivity contribution >= 4 is 0 Å². The largest absolute Gasteiger partial charge is 0.501 e. The van der Waals surface area contributed by atoms with E-state index in [2.05, 4.69) is 41.5 Å². The zero-order chi connectivity index (χ0) is 20.3. The molecule has 2 heteroatoms. The van der Waals surface area contributed by atoms with Crippen LogP contribution in [0.4, 0.5) is 0 Å². The van der Waals surface area contributed by atoms with Gasteiger partial charge in [0, 0.05) is 0 Å². The van der Waals surface area contributed by atoms with Gasteiger partial charge in [0.2, 0.25) is 0 Å². The first-order valence-corrected chi connectivity index (χ1v) is 11.7. The van der Waals surface area contributed by atoms with Gasteiger partial charge in [0.1, 0.15) is 0 Å². The summed E-state index contributed by atoms with van der Waals surface area (Å²) in [5, 5.41) is 0. The maximum atomic E-state index is 5.97. The molecule has 0 aromatic carbocycles. The van der Waals surface area contributed by atoms with Gasteiger partial charge in [-0.1, -0.05) is 67.2 Å². The van der Waals surface area contributed by atoms with Crippen molar-refractivity contribution in [1.82, 2.24) is 0 Å². The van der Waals surface area contributed by atoms with Gasteiger partial charge in [0.05, 0.1) is 25.7 Å². The maximum absolute atomic E-state index is 5.97. The van der Waals surface area contributed by atoms with Crippen LogP contribution in [-0.2, 0) is 9.47 Å². The second kappa shape index (κ2) is 18.4. The van der Waals surface area contributed by atoms with Crippen LogP contribution < -0.4 is 0 Å². The number of hydrogen-bond acceptors (Lipinski definition) is 2. The normalized spacial score (nSPS) is 14.9. The van der Waals surface area contributed by atoms with Gasteiger partial charge in [0.25, 0.3) is 0 Å². The average Bonchev–Trinajstić information content (AvgIpc) is 2.70. The molecular weight excluding hydrogens is 332 g/mol. The van der Waals surface area contributed by atoms with Gasteiger partial charge in [0.15, 0.2) is 0 Å². The lowest BCUT2D eigenvalue weighted by molar-refractivity contribution is 0.132. The van der Waals surface area contributed by atoms with Crippen molar-refractivity contribution < 1.29 is 9.47 Å².